The SMILES string of the molecule is CCC(C)COc1ccc([N+](=O)[O-])cc1CNC. The van der Waals surface area contributed by atoms with Crippen LogP contribution < -0.4 is 10.1 Å². The maximum absolute atomic E-state index is 10.7. The molecule has 0 fully saturated rings. The van der Waals surface area contributed by atoms with Gasteiger partial charge in [0.25, 0.3) is 5.69 Å². The van der Waals surface area contributed by atoms with E-state index in [0.29, 0.717) is 19.1 Å². The first kappa shape index (κ1) is 14.4. The first-order valence-corrected chi connectivity index (χ1v) is 6.13. The molecule has 1 N–H and O–H groups in total. The molecule has 0 aliphatic heterocycles. The molecule has 0 aliphatic rings. The van der Waals surface area contributed by atoms with Crippen LogP contribution in [0.3, 0.4) is 0 Å². The summed E-state index contributed by atoms with van der Waals surface area (Å²) in [6, 6.07) is 4.71. The Balaban J connectivity index is 2.85. The van der Waals surface area contributed by atoms with Crippen molar-refractivity contribution in [1.29, 1.82) is 0 Å². The molecule has 0 amide bonds. The van der Waals surface area contributed by atoms with E-state index in [1.807, 2.05) is 0 Å². The molecule has 0 saturated heterocycles. The van der Waals surface area contributed by atoms with Gasteiger partial charge in [-0.1, -0.05) is 20.3 Å². The van der Waals surface area contributed by atoms with Crippen molar-refractivity contribution in [2.45, 2.75) is 26.8 Å². The van der Waals surface area contributed by atoms with Gasteiger partial charge in [-0.25, -0.2) is 0 Å². The number of ether oxygens (including phenoxy) is 1. The third kappa shape index (κ3) is 4.00. The van der Waals surface area contributed by atoms with Gasteiger partial charge in [-0.05, 0) is 19.0 Å². The second-order valence-corrected chi connectivity index (χ2v) is 4.40. The summed E-state index contributed by atoms with van der Waals surface area (Å²) in [5.74, 6) is 1.19. The van der Waals surface area contributed by atoms with Gasteiger partial charge in [0.15, 0.2) is 0 Å². The molecule has 0 saturated carbocycles. The summed E-state index contributed by atoms with van der Waals surface area (Å²) >= 11 is 0. The van der Waals surface area contributed by atoms with E-state index in [0.717, 1.165) is 17.7 Å². The Morgan fingerprint density at radius 2 is 2.22 bits per heavy atom. The molecule has 100 valence electrons. The standard InChI is InChI=1S/C13H20N2O3/c1-4-10(2)9-18-13-6-5-12(15(16)17)7-11(13)8-14-3/h5-7,10,14H,4,8-9H2,1-3H3. The molecule has 0 radical (unpaired) electrons. The maximum Gasteiger partial charge on any atom is 0.270 e. The smallest absolute Gasteiger partial charge is 0.270 e. The largest absolute Gasteiger partial charge is 0.493 e. The number of non-ortho nitro benzene ring substituents is 1. The van der Waals surface area contributed by atoms with Gasteiger partial charge in [-0.15, -0.1) is 0 Å². The van der Waals surface area contributed by atoms with E-state index < -0.39 is 4.92 Å². The monoisotopic (exact) mass is 252 g/mol. The van der Waals surface area contributed by atoms with Gasteiger partial charge in [0, 0.05) is 24.2 Å². The number of benzene rings is 1. The van der Waals surface area contributed by atoms with E-state index in [1.54, 1.807) is 19.2 Å². The molecule has 0 heterocycles. The molecule has 1 rings (SSSR count). The third-order valence-corrected chi connectivity index (χ3v) is 2.84. The highest BCUT2D eigenvalue weighted by Gasteiger charge is 2.12. The Morgan fingerprint density at radius 3 is 2.78 bits per heavy atom. The molecule has 5 nitrogen and oxygen atoms in total. The van der Waals surface area contributed by atoms with Crippen LogP contribution in [0.2, 0.25) is 0 Å². The highest BCUT2D eigenvalue weighted by molar-refractivity contribution is 5.43. The molecule has 0 aliphatic carbocycles. The number of nitrogens with zero attached hydrogens (tertiary/aromatic N) is 1. The fraction of sp³-hybridized carbons (Fsp3) is 0.538. The fourth-order valence-electron chi connectivity index (χ4n) is 1.50. The minimum Gasteiger partial charge on any atom is -0.493 e. The summed E-state index contributed by atoms with van der Waals surface area (Å²) in [4.78, 5) is 10.3. The summed E-state index contributed by atoms with van der Waals surface area (Å²) < 4.78 is 5.71. The number of nitrogens with one attached hydrogen (secondary N) is 1. The molecular formula is C13H20N2O3. The molecule has 0 spiro atoms. The van der Waals surface area contributed by atoms with Crippen LogP contribution in [-0.2, 0) is 6.54 Å². The van der Waals surface area contributed by atoms with E-state index in [-0.39, 0.29) is 5.69 Å². The second-order valence-electron chi connectivity index (χ2n) is 4.40. The van der Waals surface area contributed by atoms with Crippen molar-refractivity contribution < 1.29 is 9.66 Å². The van der Waals surface area contributed by atoms with Crippen molar-refractivity contribution in [3.8, 4) is 5.75 Å². The Kier molecular flexibility index (Phi) is 5.58. The lowest BCUT2D eigenvalue weighted by atomic mass is 10.1. The van der Waals surface area contributed by atoms with Crippen LogP contribution >= 0.6 is 0 Å². The molecule has 5 heteroatoms. The van der Waals surface area contributed by atoms with Gasteiger partial charge in [0.05, 0.1) is 11.5 Å². The van der Waals surface area contributed by atoms with Gasteiger partial charge in [0.1, 0.15) is 5.75 Å². The number of hydrogen-bond donors (Lipinski definition) is 1. The summed E-state index contributed by atoms with van der Waals surface area (Å²) in [6.45, 7) is 5.41. The second kappa shape index (κ2) is 6.96. The van der Waals surface area contributed by atoms with E-state index in [1.165, 1.54) is 6.07 Å². The van der Waals surface area contributed by atoms with Crippen molar-refractivity contribution in [1.82, 2.24) is 5.32 Å². The van der Waals surface area contributed by atoms with Gasteiger partial charge >= 0.3 is 0 Å². The lowest BCUT2D eigenvalue weighted by molar-refractivity contribution is -0.384. The van der Waals surface area contributed by atoms with Crippen LogP contribution in [0.25, 0.3) is 0 Å². The lowest BCUT2D eigenvalue weighted by Crippen LogP contribution is -2.11. The van der Waals surface area contributed by atoms with E-state index in [9.17, 15) is 10.1 Å². The molecule has 1 aromatic rings. The zero-order chi connectivity index (χ0) is 13.5. The van der Waals surface area contributed by atoms with Crippen molar-refractivity contribution in [2.24, 2.45) is 5.92 Å². The number of nitro groups is 1. The minimum atomic E-state index is -0.391. The van der Waals surface area contributed by atoms with E-state index >= 15 is 0 Å². The molecule has 1 aromatic carbocycles. The molecular weight excluding hydrogens is 232 g/mol. The van der Waals surface area contributed by atoms with Gasteiger partial charge in [0.2, 0.25) is 0 Å². The van der Waals surface area contributed by atoms with Crippen LogP contribution in [0.1, 0.15) is 25.8 Å². The Hall–Kier alpha value is -1.62. The topological polar surface area (TPSA) is 64.4 Å². The van der Waals surface area contributed by atoms with Crippen molar-refractivity contribution in [3.63, 3.8) is 0 Å². The van der Waals surface area contributed by atoms with E-state index in [4.69, 9.17) is 4.74 Å². The Bertz CT molecular complexity index is 407. The molecule has 1 unspecified atom stereocenters. The van der Waals surface area contributed by atoms with Crippen molar-refractivity contribution in [3.05, 3.63) is 33.9 Å². The summed E-state index contributed by atoms with van der Waals surface area (Å²) in [5, 5.41) is 13.7. The van der Waals surface area contributed by atoms with Crippen LogP contribution in [0.5, 0.6) is 5.75 Å². The quantitative estimate of drug-likeness (QED) is 0.598. The van der Waals surface area contributed by atoms with Crippen molar-refractivity contribution >= 4 is 5.69 Å². The molecule has 18 heavy (non-hydrogen) atoms. The molecule has 0 bridgehead atoms. The Labute approximate surface area is 107 Å². The molecule has 1 atom stereocenters. The summed E-state index contributed by atoms with van der Waals surface area (Å²) in [7, 11) is 1.80. The predicted octanol–water partition coefficient (Wildman–Crippen LogP) is 2.74. The highest BCUT2D eigenvalue weighted by Crippen LogP contribution is 2.24. The summed E-state index contributed by atoms with van der Waals surface area (Å²) in [5.41, 5.74) is 0.908. The number of hydrogen-bond acceptors (Lipinski definition) is 4. The summed E-state index contributed by atoms with van der Waals surface area (Å²) in [6.07, 6.45) is 1.05. The zero-order valence-electron chi connectivity index (χ0n) is 11.1. The van der Waals surface area contributed by atoms with Crippen LogP contribution in [0.4, 0.5) is 5.69 Å². The third-order valence-electron chi connectivity index (χ3n) is 2.84. The average molecular weight is 252 g/mol. The Morgan fingerprint density at radius 1 is 1.50 bits per heavy atom. The molecule has 0 aromatic heterocycles. The average Bonchev–Trinajstić information content (AvgIpc) is 2.36. The maximum atomic E-state index is 10.7. The van der Waals surface area contributed by atoms with Crippen LogP contribution in [0, 0.1) is 16.0 Å². The normalized spacial score (nSPS) is 12.2. The van der Waals surface area contributed by atoms with Gasteiger partial charge < -0.3 is 10.1 Å². The lowest BCUT2D eigenvalue weighted by Gasteiger charge is -2.14. The van der Waals surface area contributed by atoms with E-state index in [2.05, 4.69) is 19.2 Å². The van der Waals surface area contributed by atoms with Gasteiger partial charge in [-0.2, -0.15) is 0 Å². The first-order valence-electron chi connectivity index (χ1n) is 6.13. The van der Waals surface area contributed by atoms with Gasteiger partial charge in [-0.3, -0.25) is 10.1 Å². The minimum absolute atomic E-state index is 0.0936. The van der Waals surface area contributed by atoms with Crippen LogP contribution in [-0.4, -0.2) is 18.6 Å². The highest BCUT2D eigenvalue weighted by atomic mass is 16.6. The van der Waals surface area contributed by atoms with Crippen LogP contribution in [0.15, 0.2) is 18.2 Å². The predicted molar refractivity (Wildman–Crippen MR) is 70.8 cm³/mol. The first-order chi connectivity index (χ1) is 8.58. The fourth-order valence-corrected chi connectivity index (χ4v) is 1.50. The van der Waals surface area contributed by atoms with Crippen molar-refractivity contribution in [2.75, 3.05) is 13.7 Å². The zero-order valence-corrected chi connectivity index (χ0v) is 11.1. The number of rotatable bonds is 7. The number of nitro benzene ring substituents is 1.